The van der Waals surface area contributed by atoms with Crippen molar-refractivity contribution in [3.63, 3.8) is 0 Å². The van der Waals surface area contributed by atoms with Crippen molar-refractivity contribution < 1.29 is 15.3 Å². The van der Waals surface area contributed by atoms with Gasteiger partial charge in [-0.05, 0) is 49.1 Å². The van der Waals surface area contributed by atoms with Crippen molar-refractivity contribution in [3.05, 3.63) is 88.5 Å². The molecule has 128 valence electrons. The lowest BCUT2D eigenvalue weighted by molar-refractivity contribution is 0.438. The van der Waals surface area contributed by atoms with Gasteiger partial charge in [0.25, 0.3) is 0 Å². The molecule has 0 heterocycles. The van der Waals surface area contributed by atoms with Gasteiger partial charge in [-0.2, -0.15) is 0 Å². The Kier molecular flexibility index (Phi) is 4.17. The van der Waals surface area contributed by atoms with Gasteiger partial charge in [0.2, 0.25) is 0 Å². The van der Waals surface area contributed by atoms with E-state index in [4.69, 9.17) is 0 Å². The Balaban J connectivity index is 2.34. The van der Waals surface area contributed by atoms with Crippen LogP contribution in [0.2, 0.25) is 0 Å². The van der Waals surface area contributed by atoms with Crippen molar-refractivity contribution >= 4 is 0 Å². The number of phenolic OH excluding ortho intramolecular Hbond substituents is 3. The molecule has 1 atom stereocenters. The third-order valence-corrected chi connectivity index (χ3v) is 4.94. The van der Waals surface area contributed by atoms with E-state index in [9.17, 15) is 15.3 Å². The van der Waals surface area contributed by atoms with Gasteiger partial charge in [-0.3, -0.25) is 0 Å². The molecule has 0 saturated heterocycles. The zero-order valence-electron chi connectivity index (χ0n) is 14.6. The van der Waals surface area contributed by atoms with E-state index in [1.807, 2.05) is 63.2 Å². The van der Waals surface area contributed by atoms with Crippen LogP contribution >= 0.6 is 0 Å². The average molecular weight is 334 g/mol. The van der Waals surface area contributed by atoms with Crippen LogP contribution < -0.4 is 0 Å². The summed E-state index contributed by atoms with van der Waals surface area (Å²) in [6, 6.07) is 18.5. The highest BCUT2D eigenvalue weighted by molar-refractivity contribution is 5.58. The molecule has 3 nitrogen and oxygen atoms in total. The van der Waals surface area contributed by atoms with Gasteiger partial charge in [0.05, 0.1) is 0 Å². The summed E-state index contributed by atoms with van der Waals surface area (Å²) in [5.74, 6) is 0.346. The molecule has 3 aromatic carbocycles. The SMILES string of the molecule is Cc1cc(C(C)(c2ccccc2)c2ccc(O)cc2O)cc(C)c1O. The molecule has 3 N–H and O–H groups in total. The Bertz CT molecular complexity index is 893. The maximum atomic E-state index is 10.5. The molecule has 3 rings (SSSR count). The van der Waals surface area contributed by atoms with Crippen LogP contribution in [0.25, 0.3) is 0 Å². The van der Waals surface area contributed by atoms with Crippen molar-refractivity contribution in [1.29, 1.82) is 0 Å². The summed E-state index contributed by atoms with van der Waals surface area (Å²) >= 11 is 0. The number of phenols is 3. The number of hydrogen-bond donors (Lipinski definition) is 3. The van der Waals surface area contributed by atoms with Gasteiger partial charge in [-0.1, -0.05) is 48.5 Å². The number of benzene rings is 3. The first-order valence-corrected chi connectivity index (χ1v) is 8.22. The molecule has 0 bridgehead atoms. The van der Waals surface area contributed by atoms with E-state index >= 15 is 0 Å². The first-order valence-electron chi connectivity index (χ1n) is 8.22. The quantitative estimate of drug-likeness (QED) is 0.604. The molecule has 3 aromatic rings. The summed E-state index contributed by atoms with van der Waals surface area (Å²) in [6.45, 7) is 5.78. The van der Waals surface area contributed by atoms with E-state index in [1.54, 1.807) is 12.1 Å². The maximum absolute atomic E-state index is 10.5. The number of rotatable bonds is 3. The van der Waals surface area contributed by atoms with Crippen LogP contribution in [0, 0.1) is 13.8 Å². The van der Waals surface area contributed by atoms with Gasteiger partial charge < -0.3 is 15.3 Å². The third-order valence-electron chi connectivity index (χ3n) is 4.94. The van der Waals surface area contributed by atoms with E-state index in [2.05, 4.69) is 0 Å². The Labute approximate surface area is 147 Å². The van der Waals surface area contributed by atoms with Gasteiger partial charge in [-0.25, -0.2) is 0 Å². The molecular formula is C22H22O3. The number of hydrogen-bond acceptors (Lipinski definition) is 3. The molecule has 0 aliphatic carbocycles. The normalized spacial score (nSPS) is 13.4. The lowest BCUT2D eigenvalue weighted by atomic mass is 9.70. The summed E-state index contributed by atoms with van der Waals surface area (Å²) < 4.78 is 0. The Morgan fingerprint density at radius 1 is 0.720 bits per heavy atom. The monoisotopic (exact) mass is 334 g/mol. The maximum Gasteiger partial charge on any atom is 0.123 e. The molecule has 0 amide bonds. The first-order chi connectivity index (χ1) is 11.8. The Hall–Kier alpha value is -2.94. The van der Waals surface area contributed by atoms with Gasteiger partial charge in [0, 0.05) is 17.0 Å². The molecule has 0 aromatic heterocycles. The fourth-order valence-electron chi connectivity index (χ4n) is 3.44. The molecule has 0 fully saturated rings. The van der Waals surface area contributed by atoms with Crippen LogP contribution in [0.15, 0.2) is 60.7 Å². The fraction of sp³-hybridized carbons (Fsp3) is 0.182. The lowest BCUT2D eigenvalue weighted by Crippen LogP contribution is -2.25. The average Bonchev–Trinajstić information content (AvgIpc) is 2.59. The summed E-state index contributed by atoms with van der Waals surface area (Å²) in [5, 5.41) is 30.4. The summed E-state index contributed by atoms with van der Waals surface area (Å²) in [7, 11) is 0. The van der Waals surface area contributed by atoms with E-state index in [1.165, 1.54) is 6.07 Å². The Morgan fingerprint density at radius 3 is 1.88 bits per heavy atom. The minimum absolute atomic E-state index is 0.0229. The lowest BCUT2D eigenvalue weighted by Gasteiger charge is -2.33. The smallest absolute Gasteiger partial charge is 0.123 e. The highest BCUT2D eigenvalue weighted by Crippen LogP contribution is 2.44. The van der Waals surface area contributed by atoms with E-state index < -0.39 is 5.41 Å². The van der Waals surface area contributed by atoms with Crippen LogP contribution in [0.5, 0.6) is 17.2 Å². The van der Waals surface area contributed by atoms with Crippen LogP contribution in [0.4, 0.5) is 0 Å². The molecule has 0 aliphatic heterocycles. The minimum Gasteiger partial charge on any atom is -0.508 e. The van der Waals surface area contributed by atoms with Gasteiger partial charge >= 0.3 is 0 Å². The topological polar surface area (TPSA) is 60.7 Å². The zero-order valence-corrected chi connectivity index (χ0v) is 14.6. The molecule has 1 unspecified atom stereocenters. The standard InChI is InChI=1S/C22H22O3/c1-14-11-17(12-15(2)21(14)25)22(3,16-7-5-4-6-8-16)19-10-9-18(23)13-20(19)24/h4-13,23-25H,1-3H3. The predicted octanol–water partition coefficient (Wildman–Crippen LogP) is 4.77. The summed E-state index contributed by atoms with van der Waals surface area (Å²) in [6.07, 6.45) is 0. The summed E-state index contributed by atoms with van der Waals surface area (Å²) in [4.78, 5) is 0. The molecular weight excluding hydrogens is 312 g/mol. The van der Waals surface area contributed by atoms with E-state index in [-0.39, 0.29) is 17.2 Å². The molecule has 0 aliphatic rings. The van der Waals surface area contributed by atoms with Gasteiger partial charge in [0.1, 0.15) is 17.2 Å². The van der Waals surface area contributed by atoms with Crippen LogP contribution in [0.3, 0.4) is 0 Å². The van der Waals surface area contributed by atoms with Crippen molar-refractivity contribution in [2.24, 2.45) is 0 Å². The van der Waals surface area contributed by atoms with E-state index in [0.717, 1.165) is 22.3 Å². The second-order valence-electron chi connectivity index (χ2n) is 6.65. The first kappa shape index (κ1) is 16.9. The van der Waals surface area contributed by atoms with Crippen LogP contribution in [-0.4, -0.2) is 15.3 Å². The fourth-order valence-corrected chi connectivity index (χ4v) is 3.44. The van der Waals surface area contributed by atoms with Gasteiger partial charge in [0.15, 0.2) is 0 Å². The predicted molar refractivity (Wildman–Crippen MR) is 99.4 cm³/mol. The largest absolute Gasteiger partial charge is 0.508 e. The minimum atomic E-state index is -0.637. The van der Waals surface area contributed by atoms with Crippen molar-refractivity contribution in [2.75, 3.05) is 0 Å². The van der Waals surface area contributed by atoms with Crippen LogP contribution in [0.1, 0.15) is 34.7 Å². The Morgan fingerprint density at radius 2 is 1.32 bits per heavy atom. The number of aryl methyl sites for hydroxylation is 2. The summed E-state index contributed by atoms with van der Waals surface area (Å²) in [5.41, 5.74) is 3.61. The van der Waals surface area contributed by atoms with Crippen molar-refractivity contribution in [1.82, 2.24) is 0 Å². The molecule has 3 heteroatoms. The second-order valence-corrected chi connectivity index (χ2v) is 6.65. The number of aromatic hydroxyl groups is 3. The van der Waals surface area contributed by atoms with E-state index in [0.29, 0.717) is 5.56 Å². The highest BCUT2D eigenvalue weighted by atomic mass is 16.3. The third kappa shape index (κ3) is 2.82. The highest BCUT2D eigenvalue weighted by Gasteiger charge is 2.34. The molecule has 25 heavy (non-hydrogen) atoms. The van der Waals surface area contributed by atoms with Crippen molar-refractivity contribution in [2.45, 2.75) is 26.2 Å². The van der Waals surface area contributed by atoms with Gasteiger partial charge in [-0.15, -0.1) is 0 Å². The molecule has 0 spiro atoms. The van der Waals surface area contributed by atoms with Crippen molar-refractivity contribution in [3.8, 4) is 17.2 Å². The molecule has 0 saturated carbocycles. The van der Waals surface area contributed by atoms with Crippen LogP contribution in [-0.2, 0) is 5.41 Å². The second kappa shape index (κ2) is 6.17. The molecule has 0 radical (unpaired) electrons. The zero-order chi connectivity index (χ0) is 18.2.